The third kappa shape index (κ3) is 4.80. The SMILES string of the molecule is COC(=O)CN1CCN(C(=O)CNCC2CC2)CC1. The monoisotopic (exact) mass is 269 g/mol. The van der Waals surface area contributed by atoms with Gasteiger partial charge in [0.15, 0.2) is 0 Å². The van der Waals surface area contributed by atoms with Crippen LogP contribution in [-0.4, -0.2) is 74.6 Å². The highest BCUT2D eigenvalue weighted by atomic mass is 16.5. The molecular formula is C13H23N3O3. The molecule has 1 heterocycles. The molecule has 108 valence electrons. The van der Waals surface area contributed by atoms with Gasteiger partial charge in [0, 0.05) is 26.2 Å². The Labute approximate surface area is 114 Å². The van der Waals surface area contributed by atoms with Crippen LogP contribution in [0.2, 0.25) is 0 Å². The van der Waals surface area contributed by atoms with Gasteiger partial charge in [-0.25, -0.2) is 0 Å². The van der Waals surface area contributed by atoms with E-state index >= 15 is 0 Å². The molecular weight excluding hydrogens is 246 g/mol. The number of hydrogen-bond acceptors (Lipinski definition) is 5. The molecule has 0 spiro atoms. The second-order valence-corrected chi connectivity index (χ2v) is 5.31. The first-order chi connectivity index (χ1) is 9.19. The van der Waals surface area contributed by atoms with Gasteiger partial charge in [-0.05, 0) is 25.3 Å². The fourth-order valence-electron chi connectivity index (χ4n) is 2.22. The summed E-state index contributed by atoms with van der Waals surface area (Å²) in [5.74, 6) is 0.744. The minimum atomic E-state index is -0.217. The van der Waals surface area contributed by atoms with Gasteiger partial charge in [-0.1, -0.05) is 0 Å². The number of hydrogen-bond donors (Lipinski definition) is 1. The number of nitrogens with one attached hydrogen (secondary N) is 1. The van der Waals surface area contributed by atoms with E-state index in [2.05, 4.69) is 10.1 Å². The fraction of sp³-hybridized carbons (Fsp3) is 0.846. The van der Waals surface area contributed by atoms with Gasteiger partial charge in [-0.15, -0.1) is 0 Å². The Hall–Kier alpha value is -1.14. The van der Waals surface area contributed by atoms with Crippen molar-refractivity contribution in [3.05, 3.63) is 0 Å². The predicted molar refractivity (Wildman–Crippen MR) is 70.6 cm³/mol. The van der Waals surface area contributed by atoms with Gasteiger partial charge in [0.05, 0.1) is 20.2 Å². The van der Waals surface area contributed by atoms with Crippen molar-refractivity contribution < 1.29 is 14.3 Å². The highest BCUT2D eigenvalue weighted by molar-refractivity contribution is 5.78. The molecule has 6 nitrogen and oxygen atoms in total. The number of methoxy groups -OCH3 is 1. The van der Waals surface area contributed by atoms with Crippen LogP contribution in [0.15, 0.2) is 0 Å². The maximum atomic E-state index is 11.9. The minimum absolute atomic E-state index is 0.165. The van der Waals surface area contributed by atoms with Crippen LogP contribution in [0.1, 0.15) is 12.8 Å². The van der Waals surface area contributed by atoms with Crippen molar-refractivity contribution in [2.45, 2.75) is 12.8 Å². The van der Waals surface area contributed by atoms with Crippen molar-refractivity contribution >= 4 is 11.9 Å². The molecule has 0 atom stereocenters. The lowest BCUT2D eigenvalue weighted by Gasteiger charge is -2.34. The summed E-state index contributed by atoms with van der Waals surface area (Å²) < 4.78 is 4.64. The van der Waals surface area contributed by atoms with Crippen LogP contribution in [0.5, 0.6) is 0 Å². The molecule has 1 saturated carbocycles. The molecule has 0 bridgehead atoms. The second-order valence-electron chi connectivity index (χ2n) is 5.31. The molecule has 1 amide bonds. The molecule has 2 rings (SSSR count). The summed E-state index contributed by atoms with van der Waals surface area (Å²) in [7, 11) is 1.40. The Morgan fingerprint density at radius 3 is 2.47 bits per heavy atom. The van der Waals surface area contributed by atoms with E-state index < -0.39 is 0 Å². The van der Waals surface area contributed by atoms with E-state index in [4.69, 9.17) is 0 Å². The third-order valence-electron chi connectivity index (χ3n) is 3.71. The smallest absolute Gasteiger partial charge is 0.319 e. The zero-order valence-corrected chi connectivity index (χ0v) is 11.6. The number of esters is 1. The molecule has 19 heavy (non-hydrogen) atoms. The first-order valence-electron chi connectivity index (χ1n) is 6.96. The number of ether oxygens (including phenoxy) is 1. The topological polar surface area (TPSA) is 61.9 Å². The lowest BCUT2D eigenvalue weighted by molar-refractivity contribution is -0.142. The Bertz CT molecular complexity index is 323. The van der Waals surface area contributed by atoms with Gasteiger partial charge in [-0.2, -0.15) is 0 Å². The third-order valence-corrected chi connectivity index (χ3v) is 3.71. The van der Waals surface area contributed by atoms with Crippen LogP contribution in [-0.2, 0) is 14.3 Å². The minimum Gasteiger partial charge on any atom is -0.468 e. The molecule has 2 aliphatic rings. The van der Waals surface area contributed by atoms with Crippen LogP contribution in [0.25, 0.3) is 0 Å². The summed E-state index contributed by atoms with van der Waals surface area (Å²) in [5.41, 5.74) is 0. The Morgan fingerprint density at radius 2 is 1.89 bits per heavy atom. The van der Waals surface area contributed by atoms with Crippen LogP contribution in [0, 0.1) is 5.92 Å². The Kier molecular flexibility index (Phi) is 5.15. The highest BCUT2D eigenvalue weighted by Crippen LogP contribution is 2.27. The zero-order chi connectivity index (χ0) is 13.7. The van der Waals surface area contributed by atoms with Crippen molar-refractivity contribution in [2.75, 3.05) is 52.9 Å². The van der Waals surface area contributed by atoms with Crippen molar-refractivity contribution in [1.29, 1.82) is 0 Å². The van der Waals surface area contributed by atoms with Crippen molar-refractivity contribution in [1.82, 2.24) is 15.1 Å². The zero-order valence-electron chi connectivity index (χ0n) is 11.6. The number of piperazine rings is 1. The number of carbonyl (C=O) groups excluding carboxylic acids is 2. The van der Waals surface area contributed by atoms with E-state index in [9.17, 15) is 9.59 Å². The van der Waals surface area contributed by atoms with Gasteiger partial charge in [0.1, 0.15) is 0 Å². The molecule has 2 fully saturated rings. The van der Waals surface area contributed by atoms with E-state index in [1.54, 1.807) is 0 Å². The maximum absolute atomic E-state index is 11.9. The van der Waals surface area contributed by atoms with Crippen molar-refractivity contribution in [2.24, 2.45) is 5.92 Å². The summed E-state index contributed by atoms with van der Waals surface area (Å²) in [6.45, 7) is 4.59. The largest absolute Gasteiger partial charge is 0.468 e. The molecule has 6 heteroatoms. The molecule has 0 unspecified atom stereocenters. The van der Waals surface area contributed by atoms with Crippen molar-refractivity contribution in [3.8, 4) is 0 Å². The summed E-state index contributed by atoms with van der Waals surface area (Å²) in [5, 5.41) is 3.22. The second kappa shape index (κ2) is 6.86. The van der Waals surface area contributed by atoms with Crippen molar-refractivity contribution in [3.63, 3.8) is 0 Å². The first kappa shape index (κ1) is 14.3. The van der Waals surface area contributed by atoms with Crippen LogP contribution < -0.4 is 5.32 Å². The number of carbonyl (C=O) groups is 2. The van der Waals surface area contributed by atoms with Crippen LogP contribution in [0.4, 0.5) is 0 Å². The van der Waals surface area contributed by atoms with Gasteiger partial charge in [0.2, 0.25) is 5.91 Å². The quantitative estimate of drug-likeness (QED) is 0.646. The Balaban J connectivity index is 1.61. The molecule has 0 aromatic rings. The van der Waals surface area contributed by atoms with Gasteiger partial charge in [-0.3, -0.25) is 14.5 Å². The number of nitrogens with zero attached hydrogens (tertiary/aromatic N) is 2. The van der Waals surface area contributed by atoms with E-state index in [1.807, 2.05) is 9.80 Å². The highest BCUT2D eigenvalue weighted by Gasteiger charge is 2.24. The maximum Gasteiger partial charge on any atom is 0.319 e. The number of rotatable bonds is 6. The van der Waals surface area contributed by atoms with E-state index in [0.29, 0.717) is 26.2 Å². The van der Waals surface area contributed by atoms with E-state index in [1.165, 1.54) is 20.0 Å². The predicted octanol–water partition coefficient (Wildman–Crippen LogP) is -0.697. The first-order valence-corrected chi connectivity index (χ1v) is 6.96. The lowest BCUT2D eigenvalue weighted by Crippen LogP contribution is -2.51. The van der Waals surface area contributed by atoms with Gasteiger partial charge < -0.3 is 15.0 Å². The molecule has 1 aliphatic carbocycles. The summed E-state index contributed by atoms with van der Waals surface area (Å²) in [6, 6.07) is 0. The Morgan fingerprint density at radius 1 is 1.21 bits per heavy atom. The molecule has 0 radical (unpaired) electrons. The van der Waals surface area contributed by atoms with Crippen LogP contribution in [0.3, 0.4) is 0 Å². The molecule has 0 aromatic heterocycles. The average Bonchev–Trinajstić information content (AvgIpc) is 3.23. The molecule has 1 aliphatic heterocycles. The standard InChI is InChI=1S/C13H23N3O3/c1-19-13(18)10-15-4-6-16(7-5-15)12(17)9-14-8-11-2-3-11/h11,14H,2-10H2,1H3. The number of amides is 1. The molecule has 0 aromatic carbocycles. The normalized spacial score (nSPS) is 20.4. The average molecular weight is 269 g/mol. The van der Waals surface area contributed by atoms with E-state index in [0.717, 1.165) is 25.6 Å². The summed E-state index contributed by atoms with van der Waals surface area (Å²) in [6.07, 6.45) is 2.60. The van der Waals surface area contributed by atoms with Crippen LogP contribution >= 0.6 is 0 Å². The van der Waals surface area contributed by atoms with Gasteiger partial charge in [0.25, 0.3) is 0 Å². The summed E-state index contributed by atoms with van der Waals surface area (Å²) >= 11 is 0. The molecule has 1 saturated heterocycles. The molecule has 1 N–H and O–H groups in total. The lowest BCUT2D eigenvalue weighted by atomic mass is 10.3. The fourth-order valence-corrected chi connectivity index (χ4v) is 2.22. The van der Waals surface area contributed by atoms with Gasteiger partial charge >= 0.3 is 5.97 Å². The summed E-state index contributed by atoms with van der Waals surface area (Å²) in [4.78, 5) is 27.0. The van der Waals surface area contributed by atoms with E-state index in [-0.39, 0.29) is 11.9 Å².